The number of benzene rings is 3. The standard InChI is InChI=1S/C19H14BrClN2O3/c20-14-4-1-12-8-15(5-2-11(12)7-14)26-10-18(24)23-17-9-13(19(22)25)3-6-16(17)21/h1-9H,10H2,(H2,22,25)(H,23,24). The third-order valence-corrected chi connectivity index (χ3v) is 4.49. The van der Waals surface area contributed by atoms with E-state index in [1.165, 1.54) is 18.2 Å². The monoisotopic (exact) mass is 432 g/mol. The summed E-state index contributed by atoms with van der Waals surface area (Å²) in [6.45, 7) is -0.195. The van der Waals surface area contributed by atoms with E-state index in [1.807, 2.05) is 30.3 Å². The largest absolute Gasteiger partial charge is 0.484 e. The van der Waals surface area contributed by atoms with Gasteiger partial charge < -0.3 is 15.8 Å². The number of hydrogen-bond donors (Lipinski definition) is 2. The van der Waals surface area contributed by atoms with E-state index in [0.29, 0.717) is 16.5 Å². The molecule has 0 aromatic heterocycles. The quantitative estimate of drug-likeness (QED) is 0.627. The van der Waals surface area contributed by atoms with Crippen LogP contribution in [0.15, 0.2) is 59.1 Å². The van der Waals surface area contributed by atoms with Crippen molar-refractivity contribution in [3.05, 3.63) is 69.7 Å². The summed E-state index contributed by atoms with van der Waals surface area (Å²) in [5.41, 5.74) is 5.79. The predicted molar refractivity (Wildman–Crippen MR) is 106 cm³/mol. The van der Waals surface area contributed by atoms with Gasteiger partial charge in [0.15, 0.2) is 6.61 Å². The summed E-state index contributed by atoms with van der Waals surface area (Å²) in [6.07, 6.45) is 0. The zero-order valence-electron chi connectivity index (χ0n) is 13.5. The Balaban J connectivity index is 1.67. The molecule has 3 rings (SSSR count). The van der Waals surface area contributed by atoms with Gasteiger partial charge in [-0.05, 0) is 53.2 Å². The van der Waals surface area contributed by atoms with Crippen LogP contribution < -0.4 is 15.8 Å². The van der Waals surface area contributed by atoms with E-state index >= 15 is 0 Å². The fourth-order valence-corrected chi connectivity index (χ4v) is 2.94. The van der Waals surface area contributed by atoms with Crippen LogP contribution in [0.4, 0.5) is 5.69 Å². The fraction of sp³-hybridized carbons (Fsp3) is 0.0526. The minimum atomic E-state index is -0.601. The first-order valence-corrected chi connectivity index (χ1v) is 8.81. The highest BCUT2D eigenvalue weighted by atomic mass is 79.9. The molecule has 7 heteroatoms. The molecule has 0 saturated heterocycles. The van der Waals surface area contributed by atoms with Gasteiger partial charge in [0.1, 0.15) is 5.75 Å². The van der Waals surface area contributed by atoms with E-state index in [-0.39, 0.29) is 12.2 Å². The van der Waals surface area contributed by atoms with E-state index < -0.39 is 11.8 Å². The molecule has 0 heterocycles. The number of hydrogen-bond acceptors (Lipinski definition) is 3. The van der Waals surface area contributed by atoms with Crippen molar-refractivity contribution in [1.82, 2.24) is 0 Å². The molecule has 0 aliphatic rings. The zero-order chi connectivity index (χ0) is 18.7. The summed E-state index contributed by atoms with van der Waals surface area (Å²) in [4.78, 5) is 23.3. The topological polar surface area (TPSA) is 81.4 Å². The van der Waals surface area contributed by atoms with E-state index in [0.717, 1.165) is 15.2 Å². The molecule has 132 valence electrons. The Morgan fingerprint density at radius 3 is 2.54 bits per heavy atom. The highest BCUT2D eigenvalue weighted by Crippen LogP contribution is 2.25. The SMILES string of the molecule is NC(=O)c1ccc(Cl)c(NC(=O)COc2ccc3cc(Br)ccc3c2)c1. The number of carbonyl (C=O) groups excluding carboxylic acids is 2. The summed E-state index contributed by atoms with van der Waals surface area (Å²) in [5, 5.41) is 4.98. The van der Waals surface area contributed by atoms with Crippen LogP contribution in [-0.4, -0.2) is 18.4 Å². The number of primary amides is 1. The molecule has 5 nitrogen and oxygen atoms in total. The van der Waals surface area contributed by atoms with Gasteiger partial charge in [-0.2, -0.15) is 0 Å². The summed E-state index contributed by atoms with van der Waals surface area (Å²) >= 11 is 9.46. The Morgan fingerprint density at radius 1 is 1.04 bits per heavy atom. The molecule has 0 fully saturated rings. The van der Waals surface area contributed by atoms with Crippen molar-refractivity contribution in [2.24, 2.45) is 5.73 Å². The Kier molecular flexibility index (Phi) is 5.44. The number of carbonyl (C=O) groups is 2. The van der Waals surface area contributed by atoms with E-state index in [2.05, 4.69) is 21.2 Å². The van der Waals surface area contributed by atoms with Gasteiger partial charge in [0.2, 0.25) is 5.91 Å². The molecule has 26 heavy (non-hydrogen) atoms. The van der Waals surface area contributed by atoms with Crippen LogP contribution in [0.5, 0.6) is 5.75 Å². The van der Waals surface area contributed by atoms with Crippen molar-refractivity contribution in [3.63, 3.8) is 0 Å². The minimum absolute atomic E-state index is 0.195. The Hall–Kier alpha value is -2.57. The second-order valence-electron chi connectivity index (χ2n) is 5.55. The van der Waals surface area contributed by atoms with E-state index in [9.17, 15) is 9.59 Å². The van der Waals surface area contributed by atoms with Gasteiger partial charge in [0.05, 0.1) is 10.7 Å². The second-order valence-corrected chi connectivity index (χ2v) is 6.87. The molecule has 2 amide bonds. The van der Waals surface area contributed by atoms with Gasteiger partial charge in [-0.1, -0.05) is 39.7 Å². The van der Waals surface area contributed by atoms with Gasteiger partial charge >= 0.3 is 0 Å². The molecule has 0 radical (unpaired) electrons. The maximum absolute atomic E-state index is 12.1. The van der Waals surface area contributed by atoms with Crippen LogP contribution in [0.1, 0.15) is 10.4 Å². The molecule has 0 unspecified atom stereocenters. The summed E-state index contributed by atoms with van der Waals surface area (Å²) in [7, 11) is 0. The van der Waals surface area contributed by atoms with Crippen molar-refractivity contribution in [2.75, 3.05) is 11.9 Å². The maximum atomic E-state index is 12.1. The lowest BCUT2D eigenvalue weighted by molar-refractivity contribution is -0.118. The molecular weight excluding hydrogens is 420 g/mol. The molecule has 3 aromatic carbocycles. The lowest BCUT2D eigenvalue weighted by Gasteiger charge is -2.10. The smallest absolute Gasteiger partial charge is 0.262 e. The number of ether oxygens (including phenoxy) is 1. The molecule has 3 N–H and O–H groups in total. The number of anilines is 1. The zero-order valence-corrected chi connectivity index (χ0v) is 15.8. The third kappa shape index (κ3) is 4.33. The maximum Gasteiger partial charge on any atom is 0.262 e. The molecule has 3 aromatic rings. The Morgan fingerprint density at radius 2 is 1.77 bits per heavy atom. The van der Waals surface area contributed by atoms with Gasteiger partial charge in [-0.15, -0.1) is 0 Å². The van der Waals surface area contributed by atoms with Gasteiger partial charge in [0, 0.05) is 10.0 Å². The first-order valence-electron chi connectivity index (χ1n) is 7.64. The van der Waals surface area contributed by atoms with Crippen molar-refractivity contribution < 1.29 is 14.3 Å². The van der Waals surface area contributed by atoms with Crippen molar-refractivity contribution >= 4 is 55.8 Å². The normalized spacial score (nSPS) is 10.5. The van der Waals surface area contributed by atoms with Gasteiger partial charge in [-0.3, -0.25) is 9.59 Å². The first kappa shape index (κ1) is 18.2. The number of amides is 2. The van der Waals surface area contributed by atoms with Crippen LogP contribution in [-0.2, 0) is 4.79 Å². The van der Waals surface area contributed by atoms with Gasteiger partial charge in [-0.25, -0.2) is 0 Å². The van der Waals surface area contributed by atoms with Crippen molar-refractivity contribution in [3.8, 4) is 5.75 Å². The van der Waals surface area contributed by atoms with Crippen LogP contribution in [0.3, 0.4) is 0 Å². The van der Waals surface area contributed by atoms with Gasteiger partial charge in [0.25, 0.3) is 5.91 Å². The highest BCUT2D eigenvalue weighted by Gasteiger charge is 2.10. The molecular formula is C19H14BrClN2O3. The van der Waals surface area contributed by atoms with Crippen LogP contribution in [0, 0.1) is 0 Å². The lowest BCUT2D eigenvalue weighted by Crippen LogP contribution is -2.21. The minimum Gasteiger partial charge on any atom is -0.484 e. The molecule has 0 saturated carbocycles. The molecule has 0 atom stereocenters. The van der Waals surface area contributed by atoms with E-state index in [4.69, 9.17) is 22.1 Å². The molecule has 0 aliphatic heterocycles. The third-order valence-electron chi connectivity index (χ3n) is 3.67. The summed E-state index contributed by atoms with van der Waals surface area (Å²) < 4.78 is 6.53. The first-order chi connectivity index (χ1) is 12.4. The average molecular weight is 434 g/mol. The fourth-order valence-electron chi connectivity index (χ4n) is 2.39. The summed E-state index contributed by atoms with van der Waals surface area (Å²) in [6, 6.07) is 15.9. The predicted octanol–water partition coefficient (Wildman–Crippen LogP) is 4.37. The van der Waals surface area contributed by atoms with E-state index in [1.54, 1.807) is 6.07 Å². The number of halogens is 2. The molecule has 0 bridgehead atoms. The van der Waals surface area contributed by atoms with Crippen LogP contribution in [0.25, 0.3) is 10.8 Å². The number of fused-ring (bicyclic) bond motifs is 1. The molecule has 0 spiro atoms. The molecule has 0 aliphatic carbocycles. The Bertz CT molecular complexity index is 1010. The van der Waals surface area contributed by atoms with Crippen LogP contribution in [0.2, 0.25) is 5.02 Å². The summed E-state index contributed by atoms with van der Waals surface area (Å²) in [5.74, 6) is -0.424. The average Bonchev–Trinajstić information content (AvgIpc) is 2.61. The number of nitrogens with one attached hydrogen (secondary N) is 1. The number of rotatable bonds is 5. The van der Waals surface area contributed by atoms with Crippen LogP contribution >= 0.6 is 27.5 Å². The van der Waals surface area contributed by atoms with Crippen molar-refractivity contribution in [1.29, 1.82) is 0 Å². The lowest BCUT2D eigenvalue weighted by atomic mass is 10.1. The second kappa shape index (κ2) is 7.76. The number of nitrogens with two attached hydrogens (primary N) is 1. The Labute approximate surface area is 163 Å². The highest BCUT2D eigenvalue weighted by molar-refractivity contribution is 9.10. The van der Waals surface area contributed by atoms with Crippen molar-refractivity contribution in [2.45, 2.75) is 0 Å².